The number of rotatable bonds is 4. The first-order valence-corrected chi connectivity index (χ1v) is 8.23. The summed E-state index contributed by atoms with van der Waals surface area (Å²) in [5, 5.41) is 12.4. The average Bonchev–Trinajstić information content (AvgIpc) is 2.84. The second-order valence-corrected chi connectivity index (χ2v) is 6.35. The number of nitrogens with one attached hydrogen (secondary N) is 1. The van der Waals surface area contributed by atoms with Gasteiger partial charge >= 0.3 is 6.03 Å². The highest BCUT2D eigenvalue weighted by Crippen LogP contribution is 2.27. The molecule has 128 valence electrons. The van der Waals surface area contributed by atoms with Crippen molar-refractivity contribution >= 4 is 33.9 Å². The minimum atomic E-state index is -0.475. The maximum absolute atomic E-state index is 12.5. The molecule has 1 aliphatic heterocycles. The monoisotopic (exact) mass is 402 g/mol. The minimum absolute atomic E-state index is 0.0414. The molecule has 0 saturated carbocycles. The van der Waals surface area contributed by atoms with Crippen LogP contribution >= 0.6 is 15.9 Å². The molecule has 3 rings (SSSR count). The third-order valence-electron chi connectivity index (χ3n) is 3.73. The summed E-state index contributed by atoms with van der Waals surface area (Å²) in [7, 11) is 1.45. The van der Waals surface area contributed by atoms with E-state index in [0.717, 1.165) is 14.9 Å². The third-order valence-corrected chi connectivity index (χ3v) is 4.26. The molecule has 0 radical (unpaired) electrons. The molecular weight excluding hydrogens is 388 g/mol. The second-order valence-electron chi connectivity index (χ2n) is 5.44. The van der Waals surface area contributed by atoms with Gasteiger partial charge in [0.05, 0.1) is 13.7 Å². The molecule has 0 aromatic heterocycles. The number of ether oxygens (including phenoxy) is 1. The number of carbonyl (C=O) groups excluding carboxylic acids is 2. The highest BCUT2D eigenvalue weighted by Gasteiger charge is 2.33. The first kappa shape index (κ1) is 17.0. The smallest absolute Gasteiger partial charge is 0.329 e. The van der Waals surface area contributed by atoms with Crippen molar-refractivity contribution in [3.05, 3.63) is 63.8 Å². The van der Waals surface area contributed by atoms with Crippen molar-refractivity contribution in [2.24, 2.45) is 0 Å². The zero-order chi connectivity index (χ0) is 18.0. The average molecular weight is 403 g/mol. The van der Waals surface area contributed by atoms with E-state index < -0.39 is 11.9 Å². The van der Waals surface area contributed by atoms with E-state index in [1.807, 2.05) is 24.3 Å². The minimum Gasteiger partial charge on any atom is -0.504 e. The molecule has 1 saturated heterocycles. The molecular formula is C18H15BrN2O4. The van der Waals surface area contributed by atoms with Gasteiger partial charge in [-0.05, 0) is 41.5 Å². The van der Waals surface area contributed by atoms with Gasteiger partial charge in [-0.2, -0.15) is 0 Å². The number of benzene rings is 2. The van der Waals surface area contributed by atoms with Gasteiger partial charge < -0.3 is 15.2 Å². The summed E-state index contributed by atoms with van der Waals surface area (Å²) >= 11 is 3.35. The van der Waals surface area contributed by atoms with Crippen LogP contribution in [0.4, 0.5) is 4.79 Å². The Hall–Kier alpha value is -2.80. The SMILES string of the molecule is COc1ccc(/C=C2/NC(=O)N(Cc3ccc(Br)cc3)C2=O)cc1O. The zero-order valence-corrected chi connectivity index (χ0v) is 14.9. The standard InChI is InChI=1S/C18H15BrN2O4/c1-25-16-7-4-12(9-15(16)22)8-14-17(23)21(18(24)20-14)10-11-2-5-13(19)6-3-11/h2-9,22H,10H2,1H3,(H,20,24)/b14-8+. The predicted molar refractivity (Wildman–Crippen MR) is 95.9 cm³/mol. The highest BCUT2D eigenvalue weighted by molar-refractivity contribution is 9.10. The molecule has 3 amide bonds. The van der Waals surface area contributed by atoms with Gasteiger partial charge in [0.1, 0.15) is 5.70 Å². The number of methoxy groups -OCH3 is 1. The molecule has 1 aliphatic rings. The zero-order valence-electron chi connectivity index (χ0n) is 13.3. The van der Waals surface area contributed by atoms with Crippen LogP contribution in [0.25, 0.3) is 6.08 Å². The van der Waals surface area contributed by atoms with Crippen molar-refractivity contribution < 1.29 is 19.4 Å². The van der Waals surface area contributed by atoms with Crippen molar-refractivity contribution in [2.75, 3.05) is 7.11 Å². The fourth-order valence-electron chi connectivity index (χ4n) is 2.45. The number of carbonyl (C=O) groups is 2. The van der Waals surface area contributed by atoms with Gasteiger partial charge in [0.25, 0.3) is 5.91 Å². The van der Waals surface area contributed by atoms with E-state index in [1.165, 1.54) is 19.3 Å². The highest BCUT2D eigenvalue weighted by atomic mass is 79.9. The molecule has 0 aliphatic carbocycles. The molecule has 2 aromatic carbocycles. The van der Waals surface area contributed by atoms with E-state index in [-0.39, 0.29) is 18.0 Å². The fourth-order valence-corrected chi connectivity index (χ4v) is 2.72. The Morgan fingerprint density at radius 2 is 1.92 bits per heavy atom. The molecule has 0 spiro atoms. The summed E-state index contributed by atoms with van der Waals surface area (Å²) in [5.41, 5.74) is 1.58. The lowest BCUT2D eigenvalue weighted by molar-refractivity contribution is -0.123. The molecule has 6 nitrogen and oxygen atoms in total. The number of imide groups is 1. The lowest BCUT2D eigenvalue weighted by atomic mass is 10.1. The Labute approximate surface area is 152 Å². The molecule has 1 fully saturated rings. The molecule has 0 atom stereocenters. The van der Waals surface area contributed by atoms with Gasteiger partial charge in [0.15, 0.2) is 11.5 Å². The van der Waals surface area contributed by atoms with E-state index >= 15 is 0 Å². The van der Waals surface area contributed by atoms with Gasteiger partial charge in [-0.3, -0.25) is 9.69 Å². The predicted octanol–water partition coefficient (Wildman–Crippen LogP) is 3.26. The number of phenols is 1. The first-order valence-electron chi connectivity index (χ1n) is 7.44. The summed E-state index contributed by atoms with van der Waals surface area (Å²) in [6.45, 7) is 0.184. The number of nitrogens with zero attached hydrogens (tertiary/aromatic N) is 1. The molecule has 0 unspecified atom stereocenters. The Balaban J connectivity index is 1.80. The Morgan fingerprint density at radius 3 is 2.56 bits per heavy atom. The van der Waals surface area contributed by atoms with Crippen LogP contribution in [0, 0.1) is 0 Å². The summed E-state index contributed by atoms with van der Waals surface area (Å²) in [5.74, 6) is -0.121. The number of aromatic hydroxyl groups is 1. The molecule has 2 N–H and O–H groups in total. The lowest BCUT2D eigenvalue weighted by Crippen LogP contribution is -2.30. The Morgan fingerprint density at radius 1 is 1.20 bits per heavy atom. The van der Waals surface area contributed by atoms with Crippen molar-refractivity contribution in [1.82, 2.24) is 10.2 Å². The maximum Gasteiger partial charge on any atom is 0.329 e. The quantitative estimate of drug-likeness (QED) is 0.607. The summed E-state index contributed by atoms with van der Waals surface area (Å²) in [6.07, 6.45) is 1.51. The topological polar surface area (TPSA) is 78.9 Å². The van der Waals surface area contributed by atoms with Gasteiger partial charge in [0.2, 0.25) is 0 Å². The van der Waals surface area contributed by atoms with Crippen LogP contribution in [0.15, 0.2) is 52.6 Å². The van der Waals surface area contributed by atoms with Crippen LogP contribution in [0.1, 0.15) is 11.1 Å². The van der Waals surface area contributed by atoms with Crippen molar-refractivity contribution in [3.8, 4) is 11.5 Å². The van der Waals surface area contributed by atoms with Crippen LogP contribution in [-0.2, 0) is 11.3 Å². The number of hydrogen-bond acceptors (Lipinski definition) is 4. The van der Waals surface area contributed by atoms with Crippen LogP contribution in [0.5, 0.6) is 11.5 Å². The maximum atomic E-state index is 12.5. The molecule has 2 aromatic rings. The molecule has 25 heavy (non-hydrogen) atoms. The van der Waals surface area contributed by atoms with E-state index in [1.54, 1.807) is 12.1 Å². The van der Waals surface area contributed by atoms with E-state index in [2.05, 4.69) is 21.2 Å². The van der Waals surface area contributed by atoms with Crippen LogP contribution < -0.4 is 10.1 Å². The second kappa shape index (κ2) is 6.98. The van der Waals surface area contributed by atoms with Crippen molar-refractivity contribution in [3.63, 3.8) is 0 Å². The van der Waals surface area contributed by atoms with Crippen LogP contribution in [0.3, 0.4) is 0 Å². The summed E-state index contributed by atoms with van der Waals surface area (Å²) in [6, 6.07) is 11.6. The van der Waals surface area contributed by atoms with Gasteiger partial charge in [-0.25, -0.2) is 4.79 Å². The van der Waals surface area contributed by atoms with E-state index in [0.29, 0.717) is 11.3 Å². The number of phenolic OH excluding ortho intramolecular Hbond substituents is 1. The van der Waals surface area contributed by atoms with Crippen molar-refractivity contribution in [2.45, 2.75) is 6.54 Å². The molecule has 0 bridgehead atoms. The summed E-state index contributed by atoms with van der Waals surface area (Å²) in [4.78, 5) is 25.7. The fraction of sp³-hybridized carbons (Fsp3) is 0.111. The van der Waals surface area contributed by atoms with Gasteiger partial charge in [-0.15, -0.1) is 0 Å². The third kappa shape index (κ3) is 3.66. The number of amides is 3. The van der Waals surface area contributed by atoms with Gasteiger partial charge in [0, 0.05) is 4.47 Å². The summed E-state index contributed by atoms with van der Waals surface area (Å²) < 4.78 is 5.91. The Bertz CT molecular complexity index is 862. The van der Waals surface area contributed by atoms with Crippen molar-refractivity contribution in [1.29, 1.82) is 0 Å². The largest absolute Gasteiger partial charge is 0.504 e. The Kier molecular flexibility index (Phi) is 4.76. The first-order chi connectivity index (χ1) is 12.0. The van der Waals surface area contributed by atoms with Gasteiger partial charge in [-0.1, -0.05) is 34.1 Å². The molecule has 1 heterocycles. The lowest BCUT2D eigenvalue weighted by Gasteiger charge is -2.11. The van der Waals surface area contributed by atoms with E-state index in [4.69, 9.17) is 4.74 Å². The molecule has 7 heteroatoms. The number of halogens is 1. The normalized spacial score (nSPS) is 15.6. The number of urea groups is 1. The van der Waals surface area contributed by atoms with Crippen LogP contribution in [0.2, 0.25) is 0 Å². The van der Waals surface area contributed by atoms with E-state index in [9.17, 15) is 14.7 Å². The van der Waals surface area contributed by atoms with Crippen LogP contribution in [-0.4, -0.2) is 29.1 Å². The number of hydrogen-bond donors (Lipinski definition) is 2.